The second-order valence-corrected chi connectivity index (χ2v) is 11.5. The number of fused-ring (bicyclic) bond motifs is 3. The molecule has 0 aliphatic rings. The minimum absolute atomic E-state index is 0.0179. The van der Waals surface area contributed by atoms with Crippen LogP contribution in [0.1, 0.15) is 40.9 Å². The summed E-state index contributed by atoms with van der Waals surface area (Å²) in [7, 11) is 0. The second kappa shape index (κ2) is 13.3. The van der Waals surface area contributed by atoms with Gasteiger partial charge in [-0.3, -0.25) is 4.79 Å². The third-order valence-electron chi connectivity index (χ3n) is 7.05. The summed E-state index contributed by atoms with van der Waals surface area (Å²) in [6, 6.07) is 26.5. The van der Waals surface area contributed by atoms with E-state index in [9.17, 15) is 27.9 Å². The van der Waals surface area contributed by atoms with Crippen molar-refractivity contribution in [2.24, 2.45) is 5.16 Å². The van der Waals surface area contributed by atoms with Crippen LogP contribution < -0.4 is 0 Å². The molecule has 0 aliphatic carbocycles. The lowest BCUT2D eigenvalue weighted by atomic mass is 9.99. The number of thioether (sulfide) groups is 1. The van der Waals surface area contributed by atoms with Crippen molar-refractivity contribution in [3.63, 3.8) is 0 Å². The van der Waals surface area contributed by atoms with Gasteiger partial charge in [-0.2, -0.15) is 13.2 Å². The predicted molar refractivity (Wildman–Crippen MR) is 166 cm³/mol. The number of aliphatic hydroxyl groups is 1. The van der Waals surface area contributed by atoms with Crippen LogP contribution in [-0.4, -0.2) is 39.1 Å². The summed E-state index contributed by atoms with van der Waals surface area (Å²) >= 11 is 7.31. The molecule has 0 bridgehead atoms. The summed E-state index contributed by atoms with van der Waals surface area (Å²) in [6.07, 6.45) is -6.70. The van der Waals surface area contributed by atoms with E-state index in [0.29, 0.717) is 34.0 Å². The highest BCUT2D eigenvalue weighted by molar-refractivity contribution is 7.99. The maximum Gasteiger partial charge on any atom is 0.493 e. The van der Waals surface area contributed by atoms with Gasteiger partial charge in [-0.25, -0.2) is 4.79 Å². The Hall–Kier alpha value is -4.12. The Morgan fingerprint density at radius 1 is 0.932 bits per heavy atom. The Morgan fingerprint density at radius 2 is 1.59 bits per heavy atom. The number of rotatable bonds is 10. The Kier molecular flexibility index (Phi) is 9.43. The summed E-state index contributed by atoms with van der Waals surface area (Å²) in [5, 5.41) is 16.9. The van der Waals surface area contributed by atoms with Crippen molar-refractivity contribution in [3.05, 3.63) is 113 Å². The lowest BCUT2D eigenvalue weighted by Gasteiger charge is -2.15. The summed E-state index contributed by atoms with van der Waals surface area (Å²) < 4.78 is 40.6. The van der Waals surface area contributed by atoms with Crippen molar-refractivity contribution in [1.29, 1.82) is 0 Å². The molecule has 5 rings (SSSR count). The van der Waals surface area contributed by atoms with E-state index in [2.05, 4.69) is 14.6 Å². The molecule has 5 aromatic rings. The van der Waals surface area contributed by atoms with Crippen molar-refractivity contribution in [2.75, 3.05) is 5.75 Å². The lowest BCUT2D eigenvalue weighted by molar-refractivity contribution is -0.199. The Morgan fingerprint density at radius 3 is 2.25 bits per heavy atom. The monoisotopic (exact) mass is 638 g/mol. The molecule has 1 aromatic heterocycles. The molecule has 1 N–H and O–H groups in total. The number of benzene rings is 4. The van der Waals surface area contributed by atoms with Gasteiger partial charge in [0.15, 0.2) is 5.78 Å². The number of aryl methyl sites for hydroxylation is 1. The number of alkyl halides is 3. The number of oxime groups is 1. The molecule has 6 nitrogen and oxygen atoms in total. The van der Waals surface area contributed by atoms with Crippen LogP contribution >= 0.6 is 23.4 Å². The maximum atomic E-state index is 13.2. The van der Waals surface area contributed by atoms with Crippen LogP contribution in [0.3, 0.4) is 0 Å². The van der Waals surface area contributed by atoms with Crippen LogP contribution in [0, 0.1) is 0 Å². The first-order valence-electron chi connectivity index (χ1n) is 13.6. The highest BCUT2D eigenvalue weighted by Gasteiger charge is 2.42. The van der Waals surface area contributed by atoms with Crippen LogP contribution in [0.15, 0.2) is 101 Å². The van der Waals surface area contributed by atoms with Gasteiger partial charge in [-0.05, 0) is 67.1 Å². The highest BCUT2D eigenvalue weighted by Crippen LogP contribution is 2.33. The van der Waals surface area contributed by atoms with Crippen molar-refractivity contribution in [1.82, 2.24) is 4.57 Å². The van der Waals surface area contributed by atoms with E-state index >= 15 is 0 Å². The van der Waals surface area contributed by atoms with Crippen molar-refractivity contribution in [2.45, 2.75) is 37.1 Å². The number of aromatic nitrogens is 1. The molecule has 0 spiro atoms. The Balaban J connectivity index is 1.50. The first-order valence-corrected chi connectivity index (χ1v) is 15.0. The van der Waals surface area contributed by atoms with Gasteiger partial charge in [0.2, 0.25) is 0 Å². The van der Waals surface area contributed by atoms with E-state index in [1.165, 1.54) is 11.8 Å². The van der Waals surface area contributed by atoms with E-state index in [4.69, 9.17) is 11.6 Å². The highest BCUT2D eigenvalue weighted by atomic mass is 35.5. The molecule has 4 aromatic carbocycles. The fourth-order valence-corrected chi connectivity index (χ4v) is 5.91. The van der Waals surface area contributed by atoms with Gasteiger partial charge in [0, 0.05) is 61.6 Å². The number of nitrogens with zero attached hydrogens (tertiary/aromatic N) is 2. The maximum absolute atomic E-state index is 13.2. The molecule has 1 heterocycles. The zero-order valence-corrected chi connectivity index (χ0v) is 24.9. The van der Waals surface area contributed by atoms with E-state index in [0.717, 1.165) is 26.7 Å². The molecule has 0 radical (unpaired) electrons. The second-order valence-electron chi connectivity index (χ2n) is 9.86. The van der Waals surface area contributed by atoms with E-state index in [1.54, 1.807) is 78.9 Å². The third-order valence-corrected chi connectivity index (χ3v) is 8.32. The molecule has 0 fully saturated rings. The van der Waals surface area contributed by atoms with Gasteiger partial charge in [0.25, 0.3) is 0 Å². The molecule has 0 saturated carbocycles. The quantitative estimate of drug-likeness (QED) is 0.0546. The molecule has 226 valence electrons. The van der Waals surface area contributed by atoms with Gasteiger partial charge >= 0.3 is 12.1 Å². The van der Waals surface area contributed by atoms with Gasteiger partial charge < -0.3 is 14.5 Å². The smallest absolute Gasteiger partial charge is 0.382 e. The van der Waals surface area contributed by atoms with E-state index < -0.39 is 18.2 Å². The van der Waals surface area contributed by atoms with Gasteiger partial charge in [0.1, 0.15) is 6.10 Å². The normalized spacial score (nSPS) is 12.9. The van der Waals surface area contributed by atoms with Crippen molar-refractivity contribution in [3.8, 4) is 0 Å². The average molecular weight is 639 g/mol. The summed E-state index contributed by atoms with van der Waals surface area (Å²) in [4.78, 5) is 29.7. The molecule has 0 aliphatic heterocycles. The minimum atomic E-state index is -5.24. The fraction of sp³-hybridized carbons (Fsp3) is 0.182. The molecule has 1 atom stereocenters. The zero-order chi connectivity index (χ0) is 31.4. The van der Waals surface area contributed by atoms with E-state index in [1.807, 2.05) is 19.1 Å². The van der Waals surface area contributed by atoms with Gasteiger partial charge in [0.05, 0.1) is 5.71 Å². The largest absolute Gasteiger partial charge is 0.493 e. The topological polar surface area (TPSA) is 80.9 Å². The van der Waals surface area contributed by atoms with Crippen LogP contribution in [0.2, 0.25) is 5.02 Å². The number of carbonyl (C=O) groups excluding carboxylic acids is 2. The molecule has 0 amide bonds. The molecule has 1 unspecified atom stereocenters. The van der Waals surface area contributed by atoms with Gasteiger partial charge in [-0.1, -0.05) is 53.2 Å². The Labute approximate surface area is 260 Å². The fourth-order valence-electron chi connectivity index (χ4n) is 4.91. The van der Waals surface area contributed by atoms with Crippen LogP contribution in [0.25, 0.3) is 21.8 Å². The van der Waals surface area contributed by atoms with Crippen LogP contribution in [-0.2, 0) is 16.2 Å². The van der Waals surface area contributed by atoms with E-state index in [-0.39, 0.29) is 17.9 Å². The Bertz CT molecular complexity index is 1860. The lowest BCUT2D eigenvalue weighted by Crippen LogP contribution is -2.25. The summed E-state index contributed by atoms with van der Waals surface area (Å²) in [5.41, 5.74) is 2.96. The first-order chi connectivity index (χ1) is 21.1. The SMILES string of the molecule is CCn1c2ccc(C(=O)c3ccccc3)cc2c2cc(C(O)/C(CCSc3ccc(Cl)cc3)=N/OC(=O)C(F)(F)F)ccc21. The summed E-state index contributed by atoms with van der Waals surface area (Å²) in [5.74, 6) is -2.30. The first kappa shape index (κ1) is 31.3. The number of halogens is 4. The molecular weight excluding hydrogens is 613 g/mol. The number of aliphatic hydroxyl groups excluding tert-OH is 1. The molecule has 0 saturated heterocycles. The molecule has 44 heavy (non-hydrogen) atoms. The third kappa shape index (κ3) is 6.83. The van der Waals surface area contributed by atoms with Crippen LogP contribution in [0.5, 0.6) is 0 Å². The average Bonchev–Trinajstić information content (AvgIpc) is 3.34. The number of hydrogen-bond acceptors (Lipinski definition) is 6. The van der Waals surface area contributed by atoms with Gasteiger partial charge in [-0.15, -0.1) is 11.8 Å². The van der Waals surface area contributed by atoms with Crippen molar-refractivity contribution >= 4 is 62.6 Å². The number of hydrogen-bond donors (Lipinski definition) is 1. The standard InChI is InChI=1S/C33H26ClF3N2O4S/c1-2-39-28-14-8-21(30(40)20-6-4-3-5-7-20)18-25(28)26-19-22(9-15-29(26)39)31(41)27(38-43-32(42)33(35,36)37)16-17-44-24-12-10-23(34)11-13-24/h3-15,18-19,31,41H,2,16-17H2,1H3/b38-27+. The number of ketones is 1. The van der Waals surface area contributed by atoms with Crippen molar-refractivity contribution < 1.29 is 32.7 Å². The molecular formula is C33H26ClF3N2O4S. The molecule has 11 heteroatoms. The zero-order valence-electron chi connectivity index (χ0n) is 23.3. The summed E-state index contributed by atoms with van der Waals surface area (Å²) in [6.45, 7) is 2.62. The minimum Gasteiger partial charge on any atom is -0.382 e. The van der Waals surface area contributed by atoms with Crippen LogP contribution in [0.4, 0.5) is 13.2 Å². The predicted octanol–water partition coefficient (Wildman–Crippen LogP) is 8.38. The number of carbonyl (C=O) groups is 2.